The molecule has 8 nitrogen and oxygen atoms in total. The van der Waals surface area contributed by atoms with Crippen molar-refractivity contribution in [3.05, 3.63) is 75.2 Å². The molecule has 0 aliphatic carbocycles. The maximum absolute atomic E-state index is 12.5. The summed E-state index contributed by atoms with van der Waals surface area (Å²) in [5.74, 6) is 6.45. The van der Waals surface area contributed by atoms with Crippen LogP contribution in [0.15, 0.2) is 52.4 Å². The molecule has 0 saturated carbocycles. The minimum Gasteiger partial charge on any atom is -0.497 e. The van der Waals surface area contributed by atoms with Crippen LogP contribution < -0.4 is 21.5 Å². The van der Waals surface area contributed by atoms with Gasteiger partial charge in [0.25, 0.3) is 5.56 Å². The molecule has 30 heavy (non-hydrogen) atoms. The zero-order valence-electron chi connectivity index (χ0n) is 17.0. The Kier molecular flexibility index (Phi) is 6.73. The highest BCUT2D eigenvalue weighted by Crippen LogP contribution is 2.18. The highest BCUT2D eigenvalue weighted by molar-refractivity contribution is 7.99. The lowest BCUT2D eigenvalue weighted by Gasteiger charge is -2.10. The van der Waals surface area contributed by atoms with Gasteiger partial charge in [-0.05, 0) is 43.2 Å². The second-order valence-electron chi connectivity index (χ2n) is 6.78. The van der Waals surface area contributed by atoms with Crippen molar-refractivity contribution in [1.82, 2.24) is 14.9 Å². The Labute approximate surface area is 178 Å². The summed E-state index contributed by atoms with van der Waals surface area (Å²) < 4.78 is 6.06. The van der Waals surface area contributed by atoms with Crippen LogP contribution in [0.4, 0.5) is 5.69 Å². The number of benzene rings is 2. The summed E-state index contributed by atoms with van der Waals surface area (Å²) in [4.78, 5) is 24.8. The fourth-order valence-corrected chi connectivity index (χ4v) is 3.49. The summed E-state index contributed by atoms with van der Waals surface area (Å²) in [5.41, 5.74) is 3.52. The van der Waals surface area contributed by atoms with E-state index in [-0.39, 0.29) is 22.5 Å². The highest BCUT2D eigenvalue weighted by Gasteiger charge is 2.13. The van der Waals surface area contributed by atoms with E-state index >= 15 is 0 Å². The Hall–Kier alpha value is -3.33. The number of anilines is 1. The number of nitrogens with two attached hydrogens (primary N) is 1. The summed E-state index contributed by atoms with van der Waals surface area (Å²) >= 11 is 1.05. The van der Waals surface area contributed by atoms with Gasteiger partial charge in [-0.2, -0.15) is 4.68 Å². The Morgan fingerprint density at radius 2 is 1.90 bits per heavy atom. The van der Waals surface area contributed by atoms with E-state index in [1.165, 1.54) is 0 Å². The number of thioether (sulfide) groups is 1. The van der Waals surface area contributed by atoms with Crippen molar-refractivity contribution < 1.29 is 9.53 Å². The first-order chi connectivity index (χ1) is 14.4. The van der Waals surface area contributed by atoms with E-state index in [2.05, 4.69) is 15.5 Å². The van der Waals surface area contributed by atoms with Crippen LogP contribution in [0.2, 0.25) is 0 Å². The predicted octanol–water partition coefficient (Wildman–Crippen LogP) is 2.30. The van der Waals surface area contributed by atoms with E-state index in [4.69, 9.17) is 10.6 Å². The fourth-order valence-electron chi connectivity index (χ4n) is 2.84. The molecule has 3 N–H and O–H groups in total. The van der Waals surface area contributed by atoms with Crippen LogP contribution in [0.3, 0.4) is 0 Å². The maximum Gasteiger partial charge on any atom is 0.294 e. The summed E-state index contributed by atoms with van der Waals surface area (Å²) in [7, 11) is 1.59. The second kappa shape index (κ2) is 9.45. The number of aromatic nitrogens is 3. The number of ether oxygens (including phenoxy) is 1. The molecule has 0 spiro atoms. The second-order valence-corrected chi connectivity index (χ2v) is 7.73. The molecule has 9 heteroatoms. The van der Waals surface area contributed by atoms with E-state index in [9.17, 15) is 9.59 Å². The molecule has 0 aliphatic heterocycles. The molecule has 0 saturated heterocycles. The van der Waals surface area contributed by atoms with Gasteiger partial charge in [-0.3, -0.25) is 9.59 Å². The quantitative estimate of drug-likeness (QED) is 0.441. The number of carbonyl (C=O) groups is 1. The minimum atomic E-state index is -0.446. The molecule has 0 fully saturated rings. The molecule has 1 amide bonds. The van der Waals surface area contributed by atoms with Gasteiger partial charge in [0, 0.05) is 12.1 Å². The number of hydrogen-bond donors (Lipinski definition) is 2. The molecular weight excluding hydrogens is 402 g/mol. The number of nitrogen functional groups attached to an aromatic ring is 1. The molecule has 0 aliphatic rings. The van der Waals surface area contributed by atoms with Crippen LogP contribution in [-0.4, -0.2) is 33.6 Å². The number of amides is 1. The van der Waals surface area contributed by atoms with Crippen LogP contribution in [0.1, 0.15) is 22.4 Å². The monoisotopic (exact) mass is 425 g/mol. The molecular formula is C21H23N5O3S. The van der Waals surface area contributed by atoms with Crippen molar-refractivity contribution >= 4 is 23.4 Å². The number of aryl methyl sites for hydroxylation is 2. The van der Waals surface area contributed by atoms with Gasteiger partial charge in [-0.1, -0.05) is 41.6 Å². The van der Waals surface area contributed by atoms with Gasteiger partial charge >= 0.3 is 0 Å². The van der Waals surface area contributed by atoms with Crippen LogP contribution in [0, 0.1) is 13.8 Å². The van der Waals surface area contributed by atoms with Gasteiger partial charge in [-0.15, -0.1) is 10.2 Å². The molecule has 156 valence electrons. The lowest BCUT2D eigenvalue weighted by Crippen LogP contribution is -2.34. The van der Waals surface area contributed by atoms with Crippen molar-refractivity contribution in [2.75, 3.05) is 24.0 Å². The number of nitrogens with one attached hydrogen (secondary N) is 1. The third-order valence-electron chi connectivity index (χ3n) is 4.45. The van der Waals surface area contributed by atoms with Crippen LogP contribution in [0.5, 0.6) is 5.75 Å². The Morgan fingerprint density at radius 1 is 1.17 bits per heavy atom. The van der Waals surface area contributed by atoms with E-state index in [1.54, 1.807) is 7.11 Å². The highest BCUT2D eigenvalue weighted by atomic mass is 32.2. The Bertz CT molecular complexity index is 1110. The largest absolute Gasteiger partial charge is 0.497 e. The number of nitrogens with zero attached hydrogens (tertiary/aromatic N) is 3. The average molecular weight is 426 g/mol. The first-order valence-corrected chi connectivity index (χ1v) is 10.2. The maximum atomic E-state index is 12.5. The normalized spacial score (nSPS) is 10.6. The molecule has 0 unspecified atom stereocenters. The molecule has 0 radical (unpaired) electrons. The lowest BCUT2D eigenvalue weighted by atomic mass is 10.1. The summed E-state index contributed by atoms with van der Waals surface area (Å²) in [6.07, 6.45) is 0.297. The zero-order chi connectivity index (χ0) is 21.7. The molecule has 1 aromatic heterocycles. The van der Waals surface area contributed by atoms with Gasteiger partial charge in [0.05, 0.1) is 12.9 Å². The molecule has 1 heterocycles. The third kappa shape index (κ3) is 5.18. The number of hydrogen-bond acceptors (Lipinski definition) is 7. The Balaban J connectivity index is 1.64. The van der Waals surface area contributed by atoms with Crippen molar-refractivity contribution in [3.63, 3.8) is 0 Å². The van der Waals surface area contributed by atoms with Gasteiger partial charge in [0.1, 0.15) is 11.4 Å². The molecule has 3 aromatic rings. The Morgan fingerprint density at radius 3 is 2.57 bits per heavy atom. The van der Waals surface area contributed by atoms with E-state index in [0.29, 0.717) is 6.42 Å². The van der Waals surface area contributed by atoms with Gasteiger partial charge in [0.2, 0.25) is 11.1 Å². The SMILES string of the molecule is COc1ccc(Cc2nnc(SCC(=O)Nc3ccc(C)cc3C)n(N)c2=O)cc1. The van der Waals surface area contributed by atoms with Gasteiger partial charge < -0.3 is 15.9 Å². The summed E-state index contributed by atoms with van der Waals surface area (Å²) in [5, 5.41) is 11.1. The standard InChI is InChI=1S/C21H23N5O3S/c1-13-4-9-17(14(2)10-13)23-19(27)12-30-21-25-24-18(20(28)26(21)22)11-15-5-7-16(29-3)8-6-15/h4-10H,11-12,22H2,1-3H3,(H,23,27). The first-order valence-electron chi connectivity index (χ1n) is 9.24. The number of rotatable bonds is 7. The van der Waals surface area contributed by atoms with Gasteiger partial charge in [-0.25, -0.2) is 0 Å². The van der Waals surface area contributed by atoms with E-state index in [0.717, 1.165) is 44.6 Å². The topological polar surface area (TPSA) is 112 Å². The smallest absolute Gasteiger partial charge is 0.294 e. The average Bonchev–Trinajstić information content (AvgIpc) is 2.73. The fraction of sp³-hybridized carbons (Fsp3) is 0.238. The van der Waals surface area contributed by atoms with E-state index < -0.39 is 5.56 Å². The predicted molar refractivity (Wildman–Crippen MR) is 118 cm³/mol. The first kappa shape index (κ1) is 21.4. The van der Waals surface area contributed by atoms with E-state index in [1.807, 2.05) is 56.3 Å². The van der Waals surface area contributed by atoms with Crippen LogP contribution >= 0.6 is 11.8 Å². The van der Waals surface area contributed by atoms with Crippen molar-refractivity contribution in [2.24, 2.45) is 0 Å². The summed E-state index contributed by atoms with van der Waals surface area (Å²) in [6, 6.07) is 13.1. The number of methoxy groups -OCH3 is 1. The number of carbonyl (C=O) groups excluding carboxylic acids is 1. The minimum absolute atomic E-state index is 0.0520. The van der Waals surface area contributed by atoms with Crippen molar-refractivity contribution in [2.45, 2.75) is 25.4 Å². The molecule has 0 atom stereocenters. The van der Waals surface area contributed by atoms with Crippen molar-refractivity contribution in [1.29, 1.82) is 0 Å². The molecule has 2 aromatic carbocycles. The third-order valence-corrected chi connectivity index (χ3v) is 5.39. The van der Waals surface area contributed by atoms with Crippen molar-refractivity contribution in [3.8, 4) is 5.75 Å². The summed E-state index contributed by atoms with van der Waals surface area (Å²) in [6.45, 7) is 3.92. The van der Waals surface area contributed by atoms with Gasteiger partial charge in [0.15, 0.2) is 0 Å². The zero-order valence-corrected chi connectivity index (χ0v) is 17.8. The lowest BCUT2D eigenvalue weighted by molar-refractivity contribution is -0.113. The molecule has 3 rings (SSSR count). The molecule has 0 bridgehead atoms. The van der Waals surface area contributed by atoms with Crippen LogP contribution in [0.25, 0.3) is 0 Å². The van der Waals surface area contributed by atoms with Crippen LogP contribution in [-0.2, 0) is 11.2 Å².